The molecule has 1 aliphatic rings. The van der Waals surface area contributed by atoms with E-state index in [0.29, 0.717) is 12.4 Å². The number of aromatic nitrogens is 1. The summed E-state index contributed by atoms with van der Waals surface area (Å²) in [4.78, 5) is 16.2. The van der Waals surface area contributed by atoms with E-state index in [1.165, 1.54) is 12.1 Å². The van der Waals surface area contributed by atoms with Gasteiger partial charge in [-0.15, -0.1) is 0 Å². The molecule has 17 heavy (non-hydrogen) atoms. The Bertz CT molecular complexity index is 441. The molecule has 0 spiro atoms. The third-order valence-electron chi connectivity index (χ3n) is 2.84. The molecule has 1 unspecified atom stereocenters. The van der Waals surface area contributed by atoms with Gasteiger partial charge in [-0.1, -0.05) is 11.6 Å². The maximum atomic E-state index is 10.7. The molecule has 1 aromatic heterocycles. The summed E-state index contributed by atoms with van der Waals surface area (Å²) in [6.07, 6.45) is 0.860. The van der Waals surface area contributed by atoms with Crippen molar-refractivity contribution in [2.75, 3.05) is 24.6 Å². The molecule has 2 rings (SSSR count). The van der Waals surface area contributed by atoms with Crippen LogP contribution in [0.5, 0.6) is 0 Å². The Morgan fingerprint density at radius 1 is 1.65 bits per heavy atom. The summed E-state index contributed by atoms with van der Waals surface area (Å²) in [5, 5.41) is 19.9. The van der Waals surface area contributed by atoms with Crippen LogP contribution in [-0.2, 0) is 0 Å². The SMILES string of the molecule is O=[N+]([O-])c1cc(Cl)nc(N2CCC(CO)C2)c1. The minimum Gasteiger partial charge on any atom is -0.396 e. The Morgan fingerprint density at radius 3 is 3.00 bits per heavy atom. The van der Waals surface area contributed by atoms with E-state index in [-0.39, 0.29) is 23.4 Å². The Balaban J connectivity index is 2.24. The molecule has 0 aromatic carbocycles. The molecule has 1 saturated heterocycles. The maximum absolute atomic E-state index is 10.7. The number of aliphatic hydroxyl groups is 1. The standard InChI is InChI=1S/C10H12ClN3O3/c11-9-3-8(14(16)17)4-10(12-9)13-2-1-7(5-13)6-15/h3-4,7,15H,1-2,5-6H2. The second-order valence-corrected chi connectivity index (χ2v) is 4.43. The highest BCUT2D eigenvalue weighted by molar-refractivity contribution is 6.29. The van der Waals surface area contributed by atoms with Crippen LogP contribution in [0.25, 0.3) is 0 Å². The molecule has 0 amide bonds. The van der Waals surface area contributed by atoms with Gasteiger partial charge in [-0.2, -0.15) is 0 Å². The van der Waals surface area contributed by atoms with Crippen molar-refractivity contribution in [1.82, 2.24) is 4.98 Å². The highest BCUT2D eigenvalue weighted by Crippen LogP contribution is 2.27. The Morgan fingerprint density at radius 2 is 2.41 bits per heavy atom. The van der Waals surface area contributed by atoms with Crippen LogP contribution >= 0.6 is 11.6 Å². The number of hydrogen-bond donors (Lipinski definition) is 1. The Kier molecular flexibility index (Phi) is 3.44. The summed E-state index contributed by atoms with van der Waals surface area (Å²) in [7, 11) is 0. The summed E-state index contributed by atoms with van der Waals surface area (Å²) in [5.74, 6) is 0.704. The lowest BCUT2D eigenvalue weighted by atomic mass is 10.1. The second-order valence-electron chi connectivity index (χ2n) is 4.05. The molecular formula is C10H12ClN3O3. The van der Waals surface area contributed by atoms with Crippen molar-refractivity contribution in [2.24, 2.45) is 5.92 Å². The first-order chi connectivity index (χ1) is 8.10. The summed E-state index contributed by atoms with van der Waals surface area (Å²) < 4.78 is 0. The molecule has 7 heteroatoms. The van der Waals surface area contributed by atoms with Crippen LogP contribution in [0.1, 0.15) is 6.42 Å². The van der Waals surface area contributed by atoms with Gasteiger partial charge in [0.15, 0.2) is 0 Å². The van der Waals surface area contributed by atoms with Crippen LogP contribution in [0.2, 0.25) is 5.15 Å². The van der Waals surface area contributed by atoms with Crippen LogP contribution < -0.4 is 4.90 Å². The molecule has 0 radical (unpaired) electrons. The van der Waals surface area contributed by atoms with Crippen LogP contribution in [0.15, 0.2) is 12.1 Å². The largest absolute Gasteiger partial charge is 0.396 e. The first kappa shape index (κ1) is 12.1. The molecule has 0 saturated carbocycles. The molecule has 1 atom stereocenters. The number of pyridine rings is 1. The van der Waals surface area contributed by atoms with Gasteiger partial charge in [0.2, 0.25) is 0 Å². The first-order valence-corrected chi connectivity index (χ1v) is 5.65. The molecule has 0 aliphatic carbocycles. The zero-order chi connectivity index (χ0) is 12.4. The molecule has 1 aromatic rings. The van der Waals surface area contributed by atoms with Gasteiger partial charge in [-0.25, -0.2) is 4.98 Å². The van der Waals surface area contributed by atoms with Gasteiger partial charge in [0, 0.05) is 25.6 Å². The third kappa shape index (κ3) is 2.65. The van der Waals surface area contributed by atoms with E-state index in [4.69, 9.17) is 16.7 Å². The Labute approximate surface area is 103 Å². The van der Waals surface area contributed by atoms with Gasteiger partial charge in [-0.05, 0) is 6.42 Å². The van der Waals surface area contributed by atoms with E-state index in [9.17, 15) is 10.1 Å². The number of aliphatic hydroxyl groups excluding tert-OH is 1. The molecule has 2 heterocycles. The molecule has 92 valence electrons. The lowest BCUT2D eigenvalue weighted by Gasteiger charge is -2.16. The number of anilines is 1. The number of hydrogen-bond acceptors (Lipinski definition) is 5. The minimum atomic E-state index is -0.489. The lowest BCUT2D eigenvalue weighted by molar-refractivity contribution is -0.384. The zero-order valence-electron chi connectivity index (χ0n) is 9.04. The van der Waals surface area contributed by atoms with Crippen molar-refractivity contribution in [2.45, 2.75) is 6.42 Å². The summed E-state index contributed by atoms with van der Waals surface area (Å²) in [6.45, 7) is 1.51. The molecule has 1 N–H and O–H groups in total. The van der Waals surface area contributed by atoms with Gasteiger partial charge in [0.05, 0.1) is 17.1 Å². The van der Waals surface area contributed by atoms with Crippen LogP contribution in [0.4, 0.5) is 11.5 Å². The zero-order valence-corrected chi connectivity index (χ0v) is 9.80. The fourth-order valence-electron chi connectivity index (χ4n) is 1.93. The van der Waals surface area contributed by atoms with Gasteiger partial charge >= 0.3 is 0 Å². The van der Waals surface area contributed by atoms with Crippen LogP contribution in [0, 0.1) is 16.0 Å². The number of nitrogens with zero attached hydrogens (tertiary/aromatic N) is 3. The van der Waals surface area contributed by atoms with Crippen LogP contribution in [0.3, 0.4) is 0 Å². The molecular weight excluding hydrogens is 246 g/mol. The van der Waals surface area contributed by atoms with Crippen molar-refractivity contribution in [3.05, 3.63) is 27.4 Å². The average molecular weight is 258 g/mol. The lowest BCUT2D eigenvalue weighted by Crippen LogP contribution is -2.21. The third-order valence-corrected chi connectivity index (χ3v) is 3.04. The predicted molar refractivity (Wildman–Crippen MR) is 63.3 cm³/mol. The van der Waals surface area contributed by atoms with E-state index in [1.807, 2.05) is 4.90 Å². The van der Waals surface area contributed by atoms with Gasteiger partial charge < -0.3 is 10.0 Å². The van der Waals surface area contributed by atoms with Crippen molar-refractivity contribution >= 4 is 23.1 Å². The molecule has 0 bridgehead atoms. The van der Waals surface area contributed by atoms with Crippen LogP contribution in [-0.4, -0.2) is 34.7 Å². The maximum Gasteiger partial charge on any atom is 0.276 e. The van der Waals surface area contributed by atoms with Crippen molar-refractivity contribution < 1.29 is 10.0 Å². The number of nitro groups is 1. The van der Waals surface area contributed by atoms with Gasteiger partial charge in [-0.3, -0.25) is 10.1 Å². The Hall–Kier alpha value is -1.40. The second kappa shape index (κ2) is 4.85. The highest BCUT2D eigenvalue weighted by Gasteiger charge is 2.24. The van der Waals surface area contributed by atoms with Crippen molar-refractivity contribution in [3.63, 3.8) is 0 Å². The first-order valence-electron chi connectivity index (χ1n) is 5.28. The fraction of sp³-hybridized carbons (Fsp3) is 0.500. The van der Waals surface area contributed by atoms with Crippen molar-refractivity contribution in [3.8, 4) is 0 Å². The van der Waals surface area contributed by atoms with E-state index < -0.39 is 4.92 Å². The summed E-state index contributed by atoms with van der Waals surface area (Å²) in [5.41, 5.74) is -0.0625. The minimum absolute atomic E-state index is 0.0625. The topological polar surface area (TPSA) is 79.5 Å². The fourth-order valence-corrected chi connectivity index (χ4v) is 2.13. The smallest absolute Gasteiger partial charge is 0.276 e. The van der Waals surface area contributed by atoms with E-state index in [1.54, 1.807) is 0 Å². The van der Waals surface area contributed by atoms with Gasteiger partial charge in [0.25, 0.3) is 5.69 Å². The number of rotatable bonds is 3. The highest BCUT2D eigenvalue weighted by atomic mass is 35.5. The predicted octanol–water partition coefficient (Wildman–Crippen LogP) is 1.46. The van der Waals surface area contributed by atoms with E-state index in [2.05, 4.69) is 4.98 Å². The molecule has 1 fully saturated rings. The molecule has 6 nitrogen and oxygen atoms in total. The van der Waals surface area contributed by atoms with Crippen molar-refractivity contribution in [1.29, 1.82) is 0 Å². The quantitative estimate of drug-likeness (QED) is 0.504. The summed E-state index contributed by atoms with van der Waals surface area (Å²) in [6, 6.07) is 2.64. The summed E-state index contributed by atoms with van der Waals surface area (Å²) >= 11 is 5.75. The van der Waals surface area contributed by atoms with Gasteiger partial charge in [0.1, 0.15) is 11.0 Å². The molecule has 1 aliphatic heterocycles. The van der Waals surface area contributed by atoms with E-state index >= 15 is 0 Å². The number of halogens is 1. The monoisotopic (exact) mass is 257 g/mol. The normalized spacial score (nSPS) is 19.6. The van der Waals surface area contributed by atoms with E-state index in [0.717, 1.165) is 13.0 Å². The average Bonchev–Trinajstić information content (AvgIpc) is 2.76.